The maximum Gasteiger partial charge on any atom is 0.164 e. The molecule has 0 heterocycles. The number of Topliss-reactive ketones (excluding diaryl/α,β-unsaturated/α-hetero) is 1. The Morgan fingerprint density at radius 1 is 1.23 bits per heavy atom. The van der Waals surface area contributed by atoms with E-state index in [9.17, 15) is 9.59 Å². The molecule has 4 atom stereocenters. The zero-order chi connectivity index (χ0) is 15.7. The van der Waals surface area contributed by atoms with Gasteiger partial charge in [0.25, 0.3) is 0 Å². The molecule has 116 valence electrons. The second-order valence-electron chi connectivity index (χ2n) is 8.14. The first-order chi connectivity index (χ1) is 10.4. The van der Waals surface area contributed by atoms with Crippen molar-refractivity contribution in [1.29, 1.82) is 0 Å². The van der Waals surface area contributed by atoms with Crippen molar-refractivity contribution < 1.29 is 9.59 Å². The average Bonchev–Trinajstić information content (AvgIpc) is 2.72. The number of hydrogen-bond acceptors (Lipinski definition) is 2. The first kappa shape index (κ1) is 14.2. The van der Waals surface area contributed by atoms with Crippen LogP contribution in [0.1, 0.15) is 52.4 Å². The average molecular weight is 296 g/mol. The third-order valence-corrected chi connectivity index (χ3v) is 7.03. The lowest BCUT2D eigenvalue weighted by Crippen LogP contribution is -2.44. The van der Waals surface area contributed by atoms with Crippen molar-refractivity contribution in [3.63, 3.8) is 0 Å². The Kier molecular flexibility index (Phi) is 2.77. The summed E-state index contributed by atoms with van der Waals surface area (Å²) in [7, 11) is 0. The van der Waals surface area contributed by atoms with Crippen LogP contribution in [0.3, 0.4) is 0 Å². The van der Waals surface area contributed by atoms with Crippen LogP contribution >= 0.6 is 0 Å². The number of carbonyl (C=O) groups excluding carboxylic acids is 2. The van der Waals surface area contributed by atoms with Crippen molar-refractivity contribution in [2.45, 2.75) is 52.4 Å². The van der Waals surface area contributed by atoms with Crippen molar-refractivity contribution in [2.75, 3.05) is 0 Å². The molecular formula is C20H24O2. The van der Waals surface area contributed by atoms with Gasteiger partial charge in [-0.25, -0.2) is 0 Å². The Bertz CT molecular complexity index is 665. The number of fused-ring (bicyclic) bond motifs is 5. The predicted molar refractivity (Wildman–Crippen MR) is 86.2 cm³/mol. The van der Waals surface area contributed by atoms with Crippen LogP contribution in [0.4, 0.5) is 0 Å². The van der Waals surface area contributed by atoms with Crippen molar-refractivity contribution in [3.05, 3.63) is 35.5 Å². The normalized spacial score (nSPS) is 44.0. The van der Waals surface area contributed by atoms with E-state index >= 15 is 0 Å². The summed E-state index contributed by atoms with van der Waals surface area (Å²) < 4.78 is 0. The molecule has 0 spiro atoms. The summed E-state index contributed by atoms with van der Waals surface area (Å²) in [5.74, 6) is 1.50. The molecule has 0 N–H and O–H groups in total. The Morgan fingerprint density at radius 2 is 2.00 bits per heavy atom. The van der Waals surface area contributed by atoms with Gasteiger partial charge in [0.1, 0.15) is 0 Å². The van der Waals surface area contributed by atoms with E-state index in [4.69, 9.17) is 0 Å². The molecule has 0 unspecified atom stereocenters. The molecule has 2 heteroatoms. The Hall–Kier alpha value is -1.44. The summed E-state index contributed by atoms with van der Waals surface area (Å²) in [4.78, 5) is 24.3. The highest BCUT2D eigenvalue weighted by atomic mass is 16.1. The van der Waals surface area contributed by atoms with Gasteiger partial charge in [-0.3, -0.25) is 9.59 Å². The fourth-order valence-electron chi connectivity index (χ4n) is 5.62. The van der Waals surface area contributed by atoms with Gasteiger partial charge in [0.2, 0.25) is 0 Å². The predicted octanol–water partition coefficient (Wildman–Crippen LogP) is 4.17. The molecule has 0 aromatic rings. The molecule has 0 saturated heterocycles. The van der Waals surface area contributed by atoms with Crippen LogP contribution in [0.5, 0.6) is 0 Å². The molecule has 0 aromatic carbocycles. The largest absolute Gasteiger partial charge is 0.295 e. The van der Waals surface area contributed by atoms with Gasteiger partial charge in [0, 0.05) is 17.3 Å². The monoisotopic (exact) mass is 296 g/mol. The third-order valence-electron chi connectivity index (χ3n) is 7.03. The van der Waals surface area contributed by atoms with E-state index in [1.54, 1.807) is 0 Å². The lowest BCUT2D eigenvalue weighted by atomic mass is 9.52. The van der Waals surface area contributed by atoms with Gasteiger partial charge in [-0.15, -0.1) is 0 Å². The van der Waals surface area contributed by atoms with Crippen LogP contribution in [0.15, 0.2) is 35.5 Å². The van der Waals surface area contributed by atoms with Crippen LogP contribution in [0.25, 0.3) is 0 Å². The third kappa shape index (κ3) is 1.61. The highest BCUT2D eigenvalue weighted by Crippen LogP contribution is 2.62. The highest BCUT2D eigenvalue weighted by molar-refractivity contribution is 6.02. The van der Waals surface area contributed by atoms with Gasteiger partial charge in [-0.05, 0) is 55.6 Å². The van der Waals surface area contributed by atoms with Gasteiger partial charge in [0.05, 0.1) is 0 Å². The number of rotatable bonds is 0. The summed E-state index contributed by atoms with van der Waals surface area (Å²) >= 11 is 0. The molecule has 0 bridgehead atoms. The first-order valence-corrected chi connectivity index (χ1v) is 8.53. The lowest BCUT2D eigenvalue weighted by molar-refractivity contribution is -0.124. The van der Waals surface area contributed by atoms with E-state index < -0.39 is 0 Å². The van der Waals surface area contributed by atoms with Crippen LogP contribution in [-0.2, 0) is 9.59 Å². The standard InChI is InChI=1S/C20H24O2/c1-12-10-17-15-5-4-13-11-14(21)6-8-19(13,2)16(15)7-9-20(17,3)18(12)22/h7,11,15,17H,1,4-6,8-10H2,2-3H3/t15-,17+,19+,20+/m1/s1. The minimum Gasteiger partial charge on any atom is -0.295 e. The Balaban J connectivity index is 1.79. The van der Waals surface area contributed by atoms with Gasteiger partial charge >= 0.3 is 0 Å². The minimum atomic E-state index is -0.229. The molecule has 22 heavy (non-hydrogen) atoms. The van der Waals surface area contributed by atoms with Crippen molar-refractivity contribution >= 4 is 11.6 Å². The van der Waals surface area contributed by atoms with E-state index in [0.717, 1.165) is 37.7 Å². The maximum absolute atomic E-state index is 12.6. The summed E-state index contributed by atoms with van der Waals surface area (Å²) in [6, 6.07) is 0. The van der Waals surface area contributed by atoms with E-state index in [0.29, 0.717) is 18.3 Å². The van der Waals surface area contributed by atoms with Gasteiger partial charge in [-0.1, -0.05) is 37.6 Å². The molecule has 4 aliphatic rings. The Morgan fingerprint density at radius 3 is 2.77 bits per heavy atom. The van der Waals surface area contributed by atoms with E-state index in [2.05, 4.69) is 26.5 Å². The van der Waals surface area contributed by atoms with Crippen molar-refractivity contribution in [1.82, 2.24) is 0 Å². The molecule has 0 aromatic heterocycles. The molecular weight excluding hydrogens is 272 g/mol. The molecule has 0 radical (unpaired) electrons. The zero-order valence-electron chi connectivity index (χ0n) is 13.6. The van der Waals surface area contributed by atoms with Crippen molar-refractivity contribution in [3.8, 4) is 0 Å². The molecule has 2 saturated carbocycles. The molecule has 4 rings (SSSR count). The van der Waals surface area contributed by atoms with Crippen molar-refractivity contribution in [2.24, 2.45) is 22.7 Å². The van der Waals surface area contributed by atoms with Gasteiger partial charge in [-0.2, -0.15) is 0 Å². The zero-order valence-corrected chi connectivity index (χ0v) is 13.6. The SMILES string of the molecule is C=C1C[C@H]2[C@@H]3CCC4=CC(=O)CC[C@]4(C)C3=CC[C@]2(C)C1=O. The second kappa shape index (κ2) is 4.31. The van der Waals surface area contributed by atoms with Gasteiger partial charge in [0.15, 0.2) is 11.6 Å². The first-order valence-electron chi connectivity index (χ1n) is 8.53. The smallest absolute Gasteiger partial charge is 0.164 e. The molecule has 2 fully saturated rings. The molecule has 0 aliphatic heterocycles. The lowest BCUT2D eigenvalue weighted by Gasteiger charge is -2.51. The summed E-state index contributed by atoms with van der Waals surface area (Å²) in [6.07, 6.45) is 9.67. The maximum atomic E-state index is 12.6. The van der Waals surface area contributed by atoms with E-state index in [1.807, 2.05) is 6.08 Å². The van der Waals surface area contributed by atoms with E-state index in [1.165, 1.54) is 11.1 Å². The van der Waals surface area contributed by atoms with Crippen LogP contribution in [0.2, 0.25) is 0 Å². The summed E-state index contributed by atoms with van der Waals surface area (Å²) in [6.45, 7) is 8.48. The fraction of sp³-hybridized carbons (Fsp3) is 0.600. The number of ketones is 2. The number of carbonyl (C=O) groups is 2. The Labute approximate surface area is 132 Å². The summed E-state index contributed by atoms with van der Waals surface area (Å²) in [5, 5.41) is 0. The topological polar surface area (TPSA) is 34.1 Å². The van der Waals surface area contributed by atoms with Crippen LogP contribution < -0.4 is 0 Å². The molecule has 2 nitrogen and oxygen atoms in total. The minimum absolute atomic E-state index is 0.0606. The summed E-state index contributed by atoms with van der Waals surface area (Å²) in [5.41, 5.74) is 3.51. The number of allylic oxidation sites excluding steroid dienone is 5. The van der Waals surface area contributed by atoms with E-state index in [-0.39, 0.29) is 22.4 Å². The molecule has 0 amide bonds. The second-order valence-corrected chi connectivity index (χ2v) is 8.14. The quantitative estimate of drug-likeness (QED) is 0.496. The number of hydrogen-bond donors (Lipinski definition) is 0. The van der Waals surface area contributed by atoms with Crippen LogP contribution in [-0.4, -0.2) is 11.6 Å². The van der Waals surface area contributed by atoms with Crippen LogP contribution in [0, 0.1) is 22.7 Å². The molecule has 4 aliphatic carbocycles. The van der Waals surface area contributed by atoms with Gasteiger partial charge < -0.3 is 0 Å². The highest BCUT2D eigenvalue weighted by Gasteiger charge is 2.56. The fourth-order valence-corrected chi connectivity index (χ4v) is 5.62.